The van der Waals surface area contributed by atoms with Gasteiger partial charge in [0.25, 0.3) is 0 Å². The molecule has 30 heavy (non-hydrogen) atoms. The molecular formula is C22H25BrClN3OS2. The van der Waals surface area contributed by atoms with Crippen molar-refractivity contribution in [2.24, 2.45) is 0 Å². The van der Waals surface area contributed by atoms with Crippen LogP contribution >= 0.6 is 50.6 Å². The van der Waals surface area contributed by atoms with Gasteiger partial charge in [-0.2, -0.15) is 0 Å². The van der Waals surface area contributed by atoms with Crippen molar-refractivity contribution in [1.29, 1.82) is 0 Å². The molecule has 0 aliphatic heterocycles. The van der Waals surface area contributed by atoms with Gasteiger partial charge < -0.3 is 4.90 Å². The minimum absolute atomic E-state index is 0.142. The second-order valence-electron chi connectivity index (χ2n) is 7.22. The van der Waals surface area contributed by atoms with Gasteiger partial charge in [-0.1, -0.05) is 38.9 Å². The number of hydrogen-bond donors (Lipinski definition) is 0. The number of fused-ring (bicyclic) bond motifs is 1. The monoisotopic (exact) mass is 525 g/mol. The normalized spacial score (nSPS) is 11.4. The van der Waals surface area contributed by atoms with Crippen LogP contribution in [0.4, 0.5) is 5.13 Å². The van der Waals surface area contributed by atoms with Crippen LogP contribution in [0.3, 0.4) is 0 Å². The lowest BCUT2D eigenvalue weighted by Crippen LogP contribution is -2.33. The van der Waals surface area contributed by atoms with Crippen LogP contribution in [-0.4, -0.2) is 48.7 Å². The second-order valence-corrected chi connectivity index (χ2v) is 10.7. The van der Waals surface area contributed by atoms with Crippen molar-refractivity contribution in [3.8, 4) is 0 Å². The zero-order chi connectivity index (χ0) is 21.5. The Balaban J connectivity index is 1.62. The maximum atomic E-state index is 13.1. The molecule has 0 atom stereocenters. The highest BCUT2D eigenvalue weighted by molar-refractivity contribution is 9.10. The number of halogens is 2. The third-order valence-electron chi connectivity index (χ3n) is 4.48. The molecule has 4 nitrogen and oxygen atoms in total. The van der Waals surface area contributed by atoms with Gasteiger partial charge in [-0.15, -0.1) is 11.8 Å². The third-order valence-corrected chi connectivity index (χ3v) is 7.36. The fraction of sp³-hybridized carbons (Fsp3) is 0.364. The van der Waals surface area contributed by atoms with Crippen molar-refractivity contribution in [3.05, 3.63) is 52.0 Å². The van der Waals surface area contributed by atoms with Crippen molar-refractivity contribution < 1.29 is 4.79 Å². The third kappa shape index (κ3) is 6.95. The van der Waals surface area contributed by atoms with E-state index in [0.717, 1.165) is 50.0 Å². The van der Waals surface area contributed by atoms with Crippen molar-refractivity contribution >= 4 is 71.9 Å². The fourth-order valence-electron chi connectivity index (χ4n) is 2.95. The largest absolute Gasteiger partial charge is 0.309 e. The molecule has 0 bridgehead atoms. The summed E-state index contributed by atoms with van der Waals surface area (Å²) >= 11 is 12.8. The summed E-state index contributed by atoms with van der Waals surface area (Å²) in [4.78, 5) is 23.0. The first-order valence-electron chi connectivity index (χ1n) is 9.82. The molecule has 0 radical (unpaired) electrons. The zero-order valence-electron chi connectivity index (χ0n) is 17.1. The Kier molecular flexibility index (Phi) is 9.01. The molecule has 3 aromatic rings. The number of anilines is 1. The van der Waals surface area contributed by atoms with Crippen LogP contribution in [-0.2, 0) is 4.79 Å². The average molecular weight is 527 g/mol. The van der Waals surface area contributed by atoms with Gasteiger partial charge >= 0.3 is 0 Å². The van der Waals surface area contributed by atoms with E-state index < -0.39 is 0 Å². The molecule has 1 heterocycles. The first kappa shape index (κ1) is 23.5. The van der Waals surface area contributed by atoms with Gasteiger partial charge in [-0.25, -0.2) is 4.98 Å². The second kappa shape index (κ2) is 11.5. The minimum Gasteiger partial charge on any atom is -0.309 e. The van der Waals surface area contributed by atoms with Crippen LogP contribution in [0.5, 0.6) is 0 Å². The predicted octanol–water partition coefficient (Wildman–Crippen LogP) is 6.57. The molecule has 1 amide bonds. The quantitative estimate of drug-likeness (QED) is 0.221. The van der Waals surface area contributed by atoms with Crippen LogP contribution in [0.25, 0.3) is 10.2 Å². The number of carbonyl (C=O) groups is 1. The van der Waals surface area contributed by atoms with Crippen LogP contribution in [0.15, 0.2) is 51.8 Å². The summed E-state index contributed by atoms with van der Waals surface area (Å²) in [5.74, 6) is 1.04. The number of thioether (sulfide) groups is 1. The number of aromatic nitrogens is 1. The van der Waals surface area contributed by atoms with Gasteiger partial charge in [0.05, 0.1) is 10.2 Å². The lowest BCUT2D eigenvalue weighted by molar-refractivity contribution is -0.118. The molecule has 8 heteroatoms. The molecule has 1 aromatic heterocycles. The van der Waals surface area contributed by atoms with E-state index in [1.807, 2.05) is 41.3 Å². The lowest BCUT2D eigenvalue weighted by Gasteiger charge is -2.21. The highest BCUT2D eigenvalue weighted by Gasteiger charge is 2.19. The molecule has 3 rings (SSSR count). The molecule has 160 valence electrons. The van der Waals surface area contributed by atoms with Gasteiger partial charge in [0, 0.05) is 27.4 Å². The van der Waals surface area contributed by atoms with Crippen molar-refractivity contribution in [2.75, 3.05) is 37.8 Å². The summed E-state index contributed by atoms with van der Waals surface area (Å²) in [7, 11) is 4.10. The SMILES string of the molecule is CN(C)CCCN(C(=O)CCCSc1ccc(Cl)cc1)c1nc2ccc(Br)cc2s1. The number of carbonyl (C=O) groups excluding carboxylic acids is 1. The summed E-state index contributed by atoms with van der Waals surface area (Å²) in [5.41, 5.74) is 0.932. The molecule has 0 spiro atoms. The molecule has 2 aromatic carbocycles. The first-order valence-corrected chi connectivity index (χ1v) is 12.8. The maximum Gasteiger partial charge on any atom is 0.228 e. The Bertz CT molecular complexity index is 978. The average Bonchev–Trinajstić information content (AvgIpc) is 3.12. The molecular weight excluding hydrogens is 502 g/mol. The van der Waals surface area contributed by atoms with Crippen LogP contribution in [0.1, 0.15) is 19.3 Å². The molecule has 0 fully saturated rings. The van der Waals surface area contributed by atoms with Crippen molar-refractivity contribution in [3.63, 3.8) is 0 Å². The first-order chi connectivity index (χ1) is 14.4. The standard InChI is InChI=1S/C22H25BrClN3OS2/c1-26(2)12-4-13-27(22-25-19-11-6-16(23)15-20(19)30-22)21(28)5-3-14-29-18-9-7-17(24)8-10-18/h6-11,15H,3-5,12-14H2,1-2H3. The molecule has 0 saturated carbocycles. The number of thiazole rings is 1. The van der Waals surface area contributed by atoms with Gasteiger partial charge in [0.1, 0.15) is 0 Å². The van der Waals surface area contributed by atoms with Crippen LogP contribution in [0.2, 0.25) is 5.02 Å². The Morgan fingerprint density at radius 2 is 1.90 bits per heavy atom. The lowest BCUT2D eigenvalue weighted by atomic mass is 10.3. The molecule has 0 aliphatic carbocycles. The summed E-state index contributed by atoms with van der Waals surface area (Å²) in [6.45, 7) is 1.62. The van der Waals surface area contributed by atoms with Gasteiger partial charge in [0.2, 0.25) is 5.91 Å². The smallest absolute Gasteiger partial charge is 0.228 e. The topological polar surface area (TPSA) is 36.4 Å². The highest BCUT2D eigenvalue weighted by Crippen LogP contribution is 2.31. The summed E-state index contributed by atoms with van der Waals surface area (Å²) in [6.07, 6.45) is 2.26. The number of rotatable bonds is 10. The Labute approximate surface area is 199 Å². The Hall–Kier alpha value is -1.12. The molecule has 0 saturated heterocycles. The zero-order valence-corrected chi connectivity index (χ0v) is 21.1. The van der Waals surface area contributed by atoms with E-state index in [4.69, 9.17) is 16.6 Å². The summed E-state index contributed by atoms with van der Waals surface area (Å²) < 4.78 is 2.11. The number of benzene rings is 2. The van der Waals surface area contributed by atoms with Gasteiger partial charge in [0.15, 0.2) is 5.13 Å². The number of amides is 1. The Morgan fingerprint density at radius 3 is 2.63 bits per heavy atom. The molecule has 0 N–H and O–H groups in total. The number of hydrogen-bond acceptors (Lipinski definition) is 5. The van der Waals surface area contributed by atoms with E-state index in [1.54, 1.807) is 23.1 Å². The van der Waals surface area contributed by atoms with Crippen molar-refractivity contribution in [2.45, 2.75) is 24.2 Å². The maximum absolute atomic E-state index is 13.1. The van der Waals surface area contributed by atoms with Gasteiger partial charge in [-0.05, 0) is 81.7 Å². The van der Waals surface area contributed by atoms with E-state index in [1.165, 1.54) is 4.90 Å². The minimum atomic E-state index is 0.142. The van der Waals surface area contributed by atoms with Gasteiger partial charge in [-0.3, -0.25) is 9.69 Å². The summed E-state index contributed by atoms with van der Waals surface area (Å²) in [5, 5.41) is 1.53. The van der Waals surface area contributed by atoms with Crippen LogP contribution in [0, 0.1) is 0 Å². The van der Waals surface area contributed by atoms with E-state index in [2.05, 4.69) is 41.0 Å². The molecule has 0 unspecified atom stereocenters. The van der Waals surface area contributed by atoms with Crippen LogP contribution < -0.4 is 4.90 Å². The van der Waals surface area contributed by atoms with E-state index in [-0.39, 0.29) is 5.91 Å². The predicted molar refractivity (Wildman–Crippen MR) is 134 cm³/mol. The number of nitrogens with zero attached hydrogens (tertiary/aromatic N) is 3. The van der Waals surface area contributed by atoms with E-state index in [0.29, 0.717) is 13.0 Å². The van der Waals surface area contributed by atoms with E-state index in [9.17, 15) is 4.79 Å². The van der Waals surface area contributed by atoms with E-state index >= 15 is 0 Å². The molecule has 0 aliphatic rings. The fourth-order valence-corrected chi connectivity index (χ4v) is 5.49. The van der Waals surface area contributed by atoms with Crippen molar-refractivity contribution in [1.82, 2.24) is 9.88 Å². The summed E-state index contributed by atoms with van der Waals surface area (Å²) in [6, 6.07) is 13.9. The Morgan fingerprint density at radius 1 is 1.13 bits per heavy atom. The highest BCUT2D eigenvalue weighted by atomic mass is 79.9.